The number of aryl methyl sites for hydroxylation is 1. The molecular weight excluding hydrogens is 380 g/mol. The van der Waals surface area contributed by atoms with E-state index in [9.17, 15) is 4.79 Å². The fourth-order valence-corrected chi connectivity index (χ4v) is 3.01. The maximum atomic E-state index is 12.3. The summed E-state index contributed by atoms with van der Waals surface area (Å²) in [5.74, 6) is 0.385. The number of aromatic amines is 1. The second-order valence-corrected chi connectivity index (χ2v) is 6.83. The van der Waals surface area contributed by atoms with E-state index in [-0.39, 0.29) is 11.9 Å². The number of nitrogen functional groups attached to an aromatic ring is 1. The van der Waals surface area contributed by atoms with Crippen molar-refractivity contribution in [2.24, 2.45) is 0 Å². The number of H-pyrrole nitrogens is 1. The first-order valence-corrected chi connectivity index (χ1v) is 9.66. The molecule has 0 aliphatic heterocycles. The van der Waals surface area contributed by atoms with Gasteiger partial charge in [0.15, 0.2) is 5.65 Å². The second kappa shape index (κ2) is 8.60. The Balaban J connectivity index is 1.33. The van der Waals surface area contributed by atoms with Gasteiger partial charge in [-0.2, -0.15) is 9.97 Å². The quantitative estimate of drug-likeness (QED) is 0.437. The molecule has 2 aromatic carbocycles. The van der Waals surface area contributed by atoms with Crippen molar-refractivity contribution in [1.82, 2.24) is 25.3 Å². The Morgan fingerprint density at radius 2 is 1.73 bits per heavy atom. The lowest BCUT2D eigenvalue weighted by atomic mass is 10.1. The number of nitrogens with two attached hydrogens (primary N) is 1. The van der Waals surface area contributed by atoms with Gasteiger partial charge in [0.1, 0.15) is 12.1 Å². The summed E-state index contributed by atoms with van der Waals surface area (Å²) in [5.41, 5.74) is 10.6. The van der Waals surface area contributed by atoms with Gasteiger partial charge in [0.05, 0.1) is 6.33 Å². The molecule has 0 saturated heterocycles. The molecular formula is C22H22N6O2. The van der Waals surface area contributed by atoms with Crippen LogP contribution in [0, 0.1) is 0 Å². The van der Waals surface area contributed by atoms with Gasteiger partial charge in [-0.05, 0) is 35.2 Å². The minimum atomic E-state index is -0.0880. The monoisotopic (exact) mass is 402 g/mol. The highest BCUT2D eigenvalue weighted by Gasteiger charge is 2.10. The van der Waals surface area contributed by atoms with Crippen molar-refractivity contribution in [3.05, 3.63) is 77.1 Å². The zero-order valence-electron chi connectivity index (χ0n) is 16.6. The molecule has 4 N–H and O–H groups in total. The molecule has 8 nitrogen and oxygen atoms in total. The van der Waals surface area contributed by atoms with E-state index in [1.807, 2.05) is 48.5 Å². The minimum Gasteiger partial charge on any atom is -0.471 e. The molecule has 0 aliphatic rings. The number of imidazole rings is 1. The Kier molecular flexibility index (Phi) is 5.56. The standard InChI is InChI=1S/C22H22N6O2/c1-2-14-7-9-17(10-8-14)20(29)24-11-15-3-5-16(6-4-15)12-30-21-18-19(26-13-25-18)27-22(23)28-21/h3-10,13H,2,11-12H2,1H3,(H,24,29)(H3,23,25,26,27,28). The van der Waals surface area contributed by atoms with Crippen LogP contribution >= 0.6 is 0 Å². The molecule has 0 saturated carbocycles. The molecule has 0 unspecified atom stereocenters. The van der Waals surface area contributed by atoms with Gasteiger partial charge in [-0.3, -0.25) is 4.79 Å². The molecule has 0 fully saturated rings. The lowest BCUT2D eigenvalue weighted by Crippen LogP contribution is -2.22. The number of carbonyl (C=O) groups excluding carboxylic acids is 1. The fourth-order valence-electron chi connectivity index (χ4n) is 3.01. The highest BCUT2D eigenvalue weighted by molar-refractivity contribution is 5.94. The molecule has 0 radical (unpaired) electrons. The Bertz CT molecular complexity index is 1150. The van der Waals surface area contributed by atoms with Crippen LogP contribution in [0.2, 0.25) is 0 Å². The average molecular weight is 402 g/mol. The topological polar surface area (TPSA) is 119 Å². The third-order valence-corrected chi connectivity index (χ3v) is 4.75. The van der Waals surface area contributed by atoms with Crippen LogP contribution in [-0.2, 0) is 19.6 Å². The summed E-state index contributed by atoms with van der Waals surface area (Å²) in [4.78, 5) is 27.5. The van der Waals surface area contributed by atoms with Gasteiger partial charge in [0, 0.05) is 12.1 Å². The number of aromatic nitrogens is 4. The predicted molar refractivity (Wildman–Crippen MR) is 114 cm³/mol. The lowest BCUT2D eigenvalue weighted by molar-refractivity contribution is 0.0951. The summed E-state index contributed by atoms with van der Waals surface area (Å²) >= 11 is 0. The van der Waals surface area contributed by atoms with Crippen molar-refractivity contribution in [3.63, 3.8) is 0 Å². The number of nitrogens with one attached hydrogen (secondary N) is 2. The van der Waals surface area contributed by atoms with Crippen molar-refractivity contribution in [1.29, 1.82) is 0 Å². The van der Waals surface area contributed by atoms with Gasteiger partial charge in [0.2, 0.25) is 11.8 Å². The molecule has 0 atom stereocenters. The molecule has 2 aromatic heterocycles. The van der Waals surface area contributed by atoms with Crippen LogP contribution in [-0.4, -0.2) is 25.8 Å². The van der Waals surface area contributed by atoms with E-state index in [4.69, 9.17) is 10.5 Å². The van der Waals surface area contributed by atoms with Crippen LogP contribution < -0.4 is 15.8 Å². The van der Waals surface area contributed by atoms with Crippen molar-refractivity contribution < 1.29 is 9.53 Å². The maximum absolute atomic E-state index is 12.3. The van der Waals surface area contributed by atoms with E-state index < -0.39 is 0 Å². The summed E-state index contributed by atoms with van der Waals surface area (Å²) in [5, 5.41) is 2.94. The smallest absolute Gasteiger partial charge is 0.251 e. The third-order valence-electron chi connectivity index (χ3n) is 4.75. The highest BCUT2D eigenvalue weighted by atomic mass is 16.5. The number of ether oxygens (including phenoxy) is 1. The van der Waals surface area contributed by atoms with Crippen molar-refractivity contribution in [2.45, 2.75) is 26.5 Å². The summed E-state index contributed by atoms with van der Waals surface area (Å²) in [6.45, 7) is 2.86. The van der Waals surface area contributed by atoms with Crippen molar-refractivity contribution in [2.75, 3.05) is 5.73 Å². The molecule has 4 rings (SSSR count). The van der Waals surface area contributed by atoms with Crippen LogP contribution in [0.3, 0.4) is 0 Å². The Labute approximate surface area is 173 Å². The van der Waals surface area contributed by atoms with Gasteiger partial charge in [-0.25, -0.2) is 4.98 Å². The molecule has 8 heteroatoms. The first-order chi connectivity index (χ1) is 14.6. The van der Waals surface area contributed by atoms with Gasteiger partial charge < -0.3 is 20.8 Å². The summed E-state index contributed by atoms with van der Waals surface area (Å²) in [7, 11) is 0. The van der Waals surface area contributed by atoms with Gasteiger partial charge in [-0.1, -0.05) is 43.3 Å². The van der Waals surface area contributed by atoms with Crippen LogP contribution in [0.5, 0.6) is 5.88 Å². The van der Waals surface area contributed by atoms with Crippen LogP contribution in [0.15, 0.2) is 54.9 Å². The lowest BCUT2D eigenvalue weighted by Gasteiger charge is -2.09. The first kappa shape index (κ1) is 19.4. The Morgan fingerprint density at radius 1 is 1.03 bits per heavy atom. The predicted octanol–water partition coefficient (Wildman–Crippen LogP) is 3.01. The molecule has 0 aliphatic carbocycles. The Hall–Kier alpha value is -3.94. The number of hydrogen-bond donors (Lipinski definition) is 3. The summed E-state index contributed by atoms with van der Waals surface area (Å²) in [6.07, 6.45) is 2.47. The first-order valence-electron chi connectivity index (χ1n) is 9.66. The normalized spacial score (nSPS) is 10.8. The number of anilines is 1. The maximum Gasteiger partial charge on any atom is 0.251 e. The average Bonchev–Trinajstić information content (AvgIpc) is 3.25. The fraction of sp³-hybridized carbons (Fsp3) is 0.182. The second-order valence-electron chi connectivity index (χ2n) is 6.83. The molecule has 0 bridgehead atoms. The van der Waals surface area contributed by atoms with E-state index in [1.54, 1.807) is 0 Å². The number of rotatable bonds is 7. The van der Waals surface area contributed by atoms with E-state index >= 15 is 0 Å². The third kappa shape index (κ3) is 4.38. The van der Waals surface area contributed by atoms with E-state index in [0.717, 1.165) is 17.5 Å². The number of benzene rings is 2. The Morgan fingerprint density at radius 3 is 2.47 bits per heavy atom. The van der Waals surface area contributed by atoms with Gasteiger partial charge in [0.25, 0.3) is 5.91 Å². The number of fused-ring (bicyclic) bond motifs is 1. The summed E-state index contributed by atoms with van der Waals surface area (Å²) in [6, 6.07) is 15.5. The van der Waals surface area contributed by atoms with E-state index in [2.05, 4.69) is 32.2 Å². The molecule has 152 valence electrons. The molecule has 2 heterocycles. The zero-order valence-corrected chi connectivity index (χ0v) is 16.6. The van der Waals surface area contributed by atoms with Crippen LogP contribution in [0.1, 0.15) is 34.0 Å². The van der Waals surface area contributed by atoms with E-state index in [1.165, 1.54) is 11.9 Å². The number of hydrogen-bond acceptors (Lipinski definition) is 6. The molecule has 0 spiro atoms. The molecule has 1 amide bonds. The van der Waals surface area contributed by atoms with E-state index in [0.29, 0.717) is 35.8 Å². The zero-order chi connectivity index (χ0) is 20.9. The number of amides is 1. The largest absolute Gasteiger partial charge is 0.471 e. The van der Waals surface area contributed by atoms with Crippen molar-refractivity contribution in [3.8, 4) is 5.88 Å². The molecule has 30 heavy (non-hydrogen) atoms. The number of carbonyl (C=O) groups is 1. The van der Waals surface area contributed by atoms with Gasteiger partial charge in [-0.15, -0.1) is 0 Å². The summed E-state index contributed by atoms with van der Waals surface area (Å²) < 4.78 is 5.79. The number of nitrogens with zero attached hydrogens (tertiary/aromatic N) is 3. The minimum absolute atomic E-state index is 0.0880. The van der Waals surface area contributed by atoms with Crippen LogP contribution in [0.25, 0.3) is 11.2 Å². The highest BCUT2D eigenvalue weighted by Crippen LogP contribution is 2.20. The SMILES string of the molecule is CCc1ccc(C(=O)NCc2ccc(COc3nc(N)nc4nc[nH]c34)cc2)cc1. The van der Waals surface area contributed by atoms with Crippen molar-refractivity contribution >= 4 is 23.0 Å². The molecule has 4 aromatic rings. The van der Waals surface area contributed by atoms with Gasteiger partial charge >= 0.3 is 0 Å². The van der Waals surface area contributed by atoms with Crippen LogP contribution in [0.4, 0.5) is 5.95 Å².